The van der Waals surface area contributed by atoms with Gasteiger partial charge in [-0.05, 0) is 58.0 Å². The number of imide groups is 1. The van der Waals surface area contributed by atoms with Crippen LogP contribution in [0.4, 0.5) is 0 Å². The highest BCUT2D eigenvalue weighted by atomic mass is 16.5. The smallest absolute Gasteiger partial charge is 0.338 e. The number of hydrogen-bond acceptors (Lipinski definition) is 6. The molecule has 0 saturated heterocycles. The first-order chi connectivity index (χ1) is 13.6. The fraction of sp³-hybridized carbons (Fsp3) is 0.333. The Morgan fingerprint density at radius 3 is 2.45 bits per heavy atom. The summed E-state index contributed by atoms with van der Waals surface area (Å²) in [5.41, 5.74) is -0.0603. The Bertz CT molecular complexity index is 972. The van der Waals surface area contributed by atoms with E-state index in [0.29, 0.717) is 5.76 Å². The molecule has 1 aliphatic heterocycles. The van der Waals surface area contributed by atoms with Gasteiger partial charge in [-0.3, -0.25) is 19.3 Å². The van der Waals surface area contributed by atoms with Crippen molar-refractivity contribution in [1.82, 2.24) is 10.2 Å². The van der Waals surface area contributed by atoms with Crippen molar-refractivity contribution in [2.75, 3.05) is 0 Å². The number of carbonyl (C=O) groups is 4. The minimum Gasteiger partial charge on any atom is -0.467 e. The number of nitrogens with one attached hydrogen (secondary N) is 1. The fourth-order valence-corrected chi connectivity index (χ4v) is 2.87. The minimum absolute atomic E-state index is 0.00311. The second-order valence-corrected chi connectivity index (χ2v) is 7.82. The lowest BCUT2D eigenvalue weighted by Crippen LogP contribution is -2.46. The summed E-state index contributed by atoms with van der Waals surface area (Å²) in [5.74, 6) is -1.69. The van der Waals surface area contributed by atoms with Gasteiger partial charge in [-0.2, -0.15) is 0 Å². The number of esters is 1. The van der Waals surface area contributed by atoms with Crippen LogP contribution in [0.1, 0.15) is 64.5 Å². The van der Waals surface area contributed by atoms with Crippen molar-refractivity contribution in [3.63, 3.8) is 0 Å². The standard InChI is InChI=1S/C21H22N2O6/c1-12(17(24)22-21(2,3)4)29-20(27)13-7-8-15-16(10-13)19(26)23(18(15)25)11-14-6-5-9-28-14/h5-10,12H,11H2,1-4H3,(H,22,24)/t12-/m0/s1. The van der Waals surface area contributed by atoms with Gasteiger partial charge in [0, 0.05) is 5.54 Å². The van der Waals surface area contributed by atoms with Crippen LogP contribution in [-0.4, -0.2) is 40.2 Å². The van der Waals surface area contributed by atoms with Crippen LogP contribution in [0, 0.1) is 0 Å². The quantitative estimate of drug-likeness (QED) is 0.613. The Hall–Kier alpha value is -3.42. The highest BCUT2D eigenvalue weighted by Crippen LogP contribution is 2.26. The van der Waals surface area contributed by atoms with Gasteiger partial charge in [-0.1, -0.05) is 0 Å². The average Bonchev–Trinajstić information content (AvgIpc) is 3.23. The van der Waals surface area contributed by atoms with E-state index in [4.69, 9.17) is 9.15 Å². The van der Waals surface area contributed by atoms with Crippen molar-refractivity contribution < 1.29 is 28.3 Å². The van der Waals surface area contributed by atoms with Crippen molar-refractivity contribution in [2.45, 2.75) is 45.9 Å². The van der Waals surface area contributed by atoms with Crippen LogP contribution in [0.3, 0.4) is 0 Å². The molecule has 1 N–H and O–H groups in total. The molecule has 0 saturated carbocycles. The Morgan fingerprint density at radius 2 is 1.83 bits per heavy atom. The molecule has 0 radical (unpaired) electrons. The molecule has 8 heteroatoms. The van der Waals surface area contributed by atoms with Crippen LogP contribution in [0.25, 0.3) is 0 Å². The van der Waals surface area contributed by atoms with E-state index in [0.717, 1.165) is 4.90 Å². The monoisotopic (exact) mass is 398 g/mol. The number of nitrogens with zero attached hydrogens (tertiary/aromatic N) is 1. The summed E-state index contributed by atoms with van der Waals surface area (Å²) in [6.45, 7) is 6.92. The zero-order chi connectivity index (χ0) is 21.3. The summed E-state index contributed by atoms with van der Waals surface area (Å²) in [6, 6.07) is 7.45. The molecule has 3 rings (SSSR count). The second-order valence-electron chi connectivity index (χ2n) is 7.82. The molecule has 152 valence electrons. The fourth-order valence-electron chi connectivity index (χ4n) is 2.87. The highest BCUT2D eigenvalue weighted by molar-refractivity contribution is 6.21. The molecule has 0 spiro atoms. The first-order valence-electron chi connectivity index (χ1n) is 9.12. The molecular formula is C21H22N2O6. The molecule has 3 amide bonds. The topological polar surface area (TPSA) is 106 Å². The average molecular weight is 398 g/mol. The lowest BCUT2D eigenvalue weighted by atomic mass is 10.1. The molecule has 2 aromatic rings. The third kappa shape index (κ3) is 4.37. The predicted octanol–water partition coefficient (Wildman–Crippen LogP) is 2.54. The van der Waals surface area contributed by atoms with Gasteiger partial charge in [0.25, 0.3) is 17.7 Å². The molecule has 1 atom stereocenters. The van der Waals surface area contributed by atoms with Gasteiger partial charge >= 0.3 is 5.97 Å². The minimum atomic E-state index is -1.01. The van der Waals surface area contributed by atoms with Crippen LogP contribution < -0.4 is 5.32 Å². The maximum Gasteiger partial charge on any atom is 0.338 e. The van der Waals surface area contributed by atoms with Crippen molar-refractivity contribution >= 4 is 23.7 Å². The van der Waals surface area contributed by atoms with Crippen molar-refractivity contribution in [3.05, 3.63) is 59.0 Å². The first-order valence-corrected chi connectivity index (χ1v) is 9.12. The molecule has 1 aliphatic rings. The van der Waals surface area contributed by atoms with E-state index in [1.165, 1.54) is 31.4 Å². The summed E-state index contributed by atoms with van der Waals surface area (Å²) in [5, 5.41) is 2.73. The van der Waals surface area contributed by atoms with Gasteiger partial charge in [0.1, 0.15) is 5.76 Å². The molecular weight excluding hydrogens is 376 g/mol. The number of ether oxygens (including phenoxy) is 1. The van der Waals surface area contributed by atoms with Gasteiger partial charge < -0.3 is 14.5 Å². The number of carbonyl (C=O) groups excluding carboxylic acids is 4. The van der Waals surface area contributed by atoms with Gasteiger partial charge in [0.2, 0.25) is 0 Å². The summed E-state index contributed by atoms with van der Waals surface area (Å²) in [7, 11) is 0. The van der Waals surface area contributed by atoms with Gasteiger partial charge in [-0.15, -0.1) is 0 Å². The van der Waals surface area contributed by atoms with Gasteiger partial charge in [-0.25, -0.2) is 4.79 Å². The Labute approximate surface area is 167 Å². The van der Waals surface area contributed by atoms with Crippen LogP contribution >= 0.6 is 0 Å². The molecule has 1 aromatic heterocycles. The van der Waals surface area contributed by atoms with E-state index in [9.17, 15) is 19.2 Å². The van der Waals surface area contributed by atoms with Crippen molar-refractivity contribution in [2.24, 2.45) is 0 Å². The first kappa shape index (κ1) is 20.3. The third-order valence-electron chi connectivity index (χ3n) is 4.25. The number of furan rings is 1. The van der Waals surface area contributed by atoms with Gasteiger partial charge in [0.15, 0.2) is 6.10 Å². The zero-order valence-corrected chi connectivity index (χ0v) is 16.6. The molecule has 0 fully saturated rings. The highest BCUT2D eigenvalue weighted by Gasteiger charge is 2.36. The number of benzene rings is 1. The number of hydrogen-bond donors (Lipinski definition) is 1. The molecule has 29 heavy (non-hydrogen) atoms. The van der Waals surface area contributed by atoms with Crippen LogP contribution in [0.5, 0.6) is 0 Å². The van der Waals surface area contributed by atoms with Crippen LogP contribution in [0.2, 0.25) is 0 Å². The van der Waals surface area contributed by atoms with Crippen molar-refractivity contribution in [3.8, 4) is 0 Å². The molecule has 0 bridgehead atoms. The molecule has 0 aliphatic carbocycles. The Balaban J connectivity index is 1.74. The van der Waals surface area contributed by atoms with E-state index < -0.39 is 35.3 Å². The SMILES string of the molecule is C[C@H](OC(=O)c1ccc2c(c1)C(=O)N(Cc1ccco1)C2=O)C(=O)NC(C)(C)C. The molecule has 0 unspecified atom stereocenters. The van der Waals surface area contributed by atoms with Crippen LogP contribution in [-0.2, 0) is 16.1 Å². The molecule has 8 nitrogen and oxygen atoms in total. The summed E-state index contributed by atoms with van der Waals surface area (Å²) in [6.07, 6.45) is 0.446. The molecule has 2 heterocycles. The molecule has 1 aromatic carbocycles. The van der Waals surface area contributed by atoms with E-state index in [2.05, 4.69) is 5.32 Å². The van der Waals surface area contributed by atoms with Gasteiger partial charge in [0.05, 0.1) is 29.5 Å². The van der Waals surface area contributed by atoms with E-state index >= 15 is 0 Å². The van der Waals surface area contributed by atoms with E-state index in [1.807, 2.05) is 20.8 Å². The lowest BCUT2D eigenvalue weighted by Gasteiger charge is -2.23. The second kappa shape index (κ2) is 7.54. The predicted molar refractivity (Wildman–Crippen MR) is 102 cm³/mol. The third-order valence-corrected chi connectivity index (χ3v) is 4.25. The largest absolute Gasteiger partial charge is 0.467 e. The summed E-state index contributed by atoms with van der Waals surface area (Å²) < 4.78 is 10.4. The number of rotatable bonds is 5. The number of fused-ring (bicyclic) bond motifs is 1. The maximum atomic E-state index is 12.6. The van der Waals surface area contributed by atoms with E-state index in [-0.39, 0.29) is 23.2 Å². The normalized spacial score (nSPS) is 14.6. The lowest BCUT2D eigenvalue weighted by molar-refractivity contribution is -0.130. The Morgan fingerprint density at radius 1 is 1.14 bits per heavy atom. The van der Waals surface area contributed by atoms with Crippen molar-refractivity contribution in [1.29, 1.82) is 0 Å². The maximum absolute atomic E-state index is 12.6. The summed E-state index contributed by atoms with van der Waals surface area (Å²) >= 11 is 0. The zero-order valence-electron chi connectivity index (χ0n) is 16.6. The van der Waals surface area contributed by atoms with E-state index in [1.54, 1.807) is 12.1 Å². The number of amides is 3. The van der Waals surface area contributed by atoms with Crippen LogP contribution in [0.15, 0.2) is 41.0 Å². The Kier molecular flexibility index (Phi) is 5.28. The summed E-state index contributed by atoms with van der Waals surface area (Å²) in [4.78, 5) is 50.7.